The Morgan fingerprint density at radius 2 is 1.73 bits per heavy atom. The van der Waals surface area contributed by atoms with E-state index in [0.717, 1.165) is 17.7 Å². The van der Waals surface area contributed by atoms with Crippen LogP contribution in [0.25, 0.3) is 6.08 Å². The third-order valence-electron chi connectivity index (χ3n) is 3.82. The smallest absolute Gasteiger partial charge is 0.331 e. The van der Waals surface area contributed by atoms with Crippen LogP contribution in [0.5, 0.6) is 5.75 Å². The third-order valence-corrected chi connectivity index (χ3v) is 3.82. The molecule has 2 aromatic rings. The standard InChI is InChI=1S/C21H23NO4/c1-4-16-5-10-18(11-6-16)22-21(24)15(2)26-20(23)14-9-17-7-12-19(25-3)13-8-17/h5-15H,4H2,1-3H3,(H,22,24)/b14-9+/t15-/m0/s1. The van der Waals surface area contributed by atoms with Crippen molar-refractivity contribution in [1.29, 1.82) is 0 Å². The average Bonchev–Trinajstić information content (AvgIpc) is 2.67. The van der Waals surface area contributed by atoms with E-state index in [9.17, 15) is 9.59 Å². The van der Waals surface area contributed by atoms with Gasteiger partial charge in [0.15, 0.2) is 6.10 Å². The molecule has 2 rings (SSSR count). The summed E-state index contributed by atoms with van der Waals surface area (Å²) in [5.74, 6) is -0.216. The minimum atomic E-state index is -0.895. The number of carbonyl (C=O) groups is 2. The van der Waals surface area contributed by atoms with Crippen LogP contribution in [0, 0.1) is 0 Å². The van der Waals surface area contributed by atoms with Crippen molar-refractivity contribution in [3.05, 3.63) is 65.7 Å². The highest BCUT2D eigenvalue weighted by Gasteiger charge is 2.16. The van der Waals surface area contributed by atoms with Crippen LogP contribution >= 0.6 is 0 Å². The lowest BCUT2D eigenvalue weighted by Gasteiger charge is -2.12. The first-order valence-electron chi connectivity index (χ1n) is 8.44. The number of hydrogen-bond acceptors (Lipinski definition) is 4. The SMILES string of the molecule is CCc1ccc(NC(=O)[C@H](C)OC(=O)/C=C/c2ccc(OC)cc2)cc1. The number of aryl methyl sites for hydroxylation is 1. The molecule has 26 heavy (non-hydrogen) atoms. The van der Waals surface area contributed by atoms with Crippen LogP contribution in [0.15, 0.2) is 54.6 Å². The number of carbonyl (C=O) groups excluding carboxylic acids is 2. The van der Waals surface area contributed by atoms with Gasteiger partial charge in [-0.05, 0) is 54.8 Å². The van der Waals surface area contributed by atoms with E-state index in [1.807, 2.05) is 36.4 Å². The number of benzene rings is 2. The molecule has 0 unspecified atom stereocenters. The number of esters is 1. The first-order valence-corrected chi connectivity index (χ1v) is 8.44. The van der Waals surface area contributed by atoms with Gasteiger partial charge in [0.25, 0.3) is 5.91 Å². The molecule has 0 aromatic heterocycles. The van der Waals surface area contributed by atoms with Gasteiger partial charge >= 0.3 is 5.97 Å². The Labute approximate surface area is 153 Å². The lowest BCUT2D eigenvalue weighted by atomic mass is 10.1. The molecule has 0 fully saturated rings. The second kappa shape index (κ2) is 9.42. The first-order chi connectivity index (χ1) is 12.5. The number of amides is 1. The fourth-order valence-corrected chi connectivity index (χ4v) is 2.21. The van der Waals surface area contributed by atoms with Gasteiger partial charge in [-0.3, -0.25) is 4.79 Å². The maximum absolute atomic E-state index is 12.1. The van der Waals surface area contributed by atoms with E-state index in [-0.39, 0.29) is 5.91 Å². The molecular formula is C21H23NO4. The molecule has 5 heteroatoms. The molecule has 136 valence electrons. The third kappa shape index (κ3) is 5.77. The van der Waals surface area contributed by atoms with Gasteiger partial charge in [-0.1, -0.05) is 31.2 Å². The highest BCUT2D eigenvalue weighted by molar-refractivity contribution is 5.96. The summed E-state index contributed by atoms with van der Waals surface area (Å²) >= 11 is 0. The number of hydrogen-bond donors (Lipinski definition) is 1. The summed E-state index contributed by atoms with van der Waals surface area (Å²) in [5.41, 5.74) is 2.69. The lowest BCUT2D eigenvalue weighted by molar-refractivity contribution is -0.148. The molecule has 0 heterocycles. The lowest BCUT2D eigenvalue weighted by Crippen LogP contribution is -2.29. The Bertz CT molecular complexity index is 764. The first kappa shape index (κ1) is 19.2. The Balaban J connectivity index is 1.86. The summed E-state index contributed by atoms with van der Waals surface area (Å²) in [6, 6.07) is 14.8. The molecular weight excluding hydrogens is 330 g/mol. The number of nitrogens with one attached hydrogen (secondary N) is 1. The van der Waals surface area contributed by atoms with Crippen LogP contribution < -0.4 is 10.1 Å². The molecule has 0 aliphatic rings. The van der Waals surface area contributed by atoms with E-state index in [0.29, 0.717) is 5.69 Å². The van der Waals surface area contributed by atoms with Crippen molar-refractivity contribution in [3.8, 4) is 5.75 Å². The second-order valence-electron chi connectivity index (χ2n) is 5.73. The Morgan fingerprint density at radius 1 is 1.08 bits per heavy atom. The molecule has 0 spiro atoms. The number of ether oxygens (including phenoxy) is 2. The van der Waals surface area contributed by atoms with Gasteiger partial charge in [-0.15, -0.1) is 0 Å². The highest BCUT2D eigenvalue weighted by atomic mass is 16.5. The number of anilines is 1. The topological polar surface area (TPSA) is 64.6 Å². The average molecular weight is 353 g/mol. The Kier molecular flexibility index (Phi) is 6.97. The summed E-state index contributed by atoms with van der Waals surface area (Å²) in [5, 5.41) is 2.73. The summed E-state index contributed by atoms with van der Waals surface area (Å²) in [6.45, 7) is 3.60. The predicted octanol–water partition coefficient (Wildman–Crippen LogP) is 3.84. The van der Waals surface area contributed by atoms with Crippen molar-refractivity contribution in [3.63, 3.8) is 0 Å². The largest absolute Gasteiger partial charge is 0.497 e. The number of rotatable bonds is 7. The van der Waals surface area contributed by atoms with Crippen molar-refractivity contribution in [2.24, 2.45) is 0 Å². The molecule has 0 aliphatic carbocycles. The number of methoxy groups -OCH3 is 1. The zero-order chi connectivity index (χ0) is 18.9. The summed E-state index contributed by atoms with van der Waals surface area (Å²) in [4.78, 5) is 24.0. The van der Waals surface area contributed by atoms with E-state index < -0.39 is 12.1 Å². The zero-order valence-corrected chi connectivity index (χ0v) is 15.2. The maximum Gasteiger partial charge on any atom is 0.331 e. The van der Waals surface area contributed by atoms with Crippen molar-refractivity contribution >= 4 is 23.6 Å². The molecule has 0 bridgehead atoms. The predicted molar refractivity (Wildman–Crippen MR) is 102 cm³/mol. The second-order valence-corrected chi connectivity index (χ2v) is 5.73. The van der Waals surface area contributed by atoms with Crippen molar-refractivity contribution in [1.82, 2.24) is 0 Å². The van der Waals surface area contributed by atoms with Gasteiger partial charge in [0, 0.05) is 11.8 Å². The molecule has 0 aliphatic heterocycles. The van der Waals surface area contributed by atoms with Crippen molar-refractivity contribution < 1.29 is 19.1 Å². The van der Waals surface area contributed by atoms with Gasteiger partial charge in [0.2, 0.25) is 0 Å². The monoisotopic (exact) mass is 353 g/mol. The quantitative estimate of drug-likeness (QED) is 0.607. The Morgan fingerprint density at radius 3 is 2.31 bits per heavy atom. The van der Waals surface area contributed by atoms with E-state index >= 15 is 0 Å². The van der Waals surface area contributed by atoms with E-state index in [1.165, 1.54) is 18.6 Å². The summed E-state index contributed by atoms with van der Waals surface area (Å²) < 4.78 is 10.2. The fraction of sp³-hybridized carbons (Fsp3) is 0.238. The van der Waals surface area contributed by atoms with Gasteiger partial charge in [0.05, 0.1) is 7.11 Å². The molecule has 0 saturated carbocycles. The van der Waals surface area contributed by atoms with E-state index in [2.05, 4.69) is 12.2 Å². The van der Waals surface area contributed by atoms with Gasteiger partial charge in [-0.2, -0.15) is 0 Å². The van der Waals surface area contributed by atoms with Crippen LogP contribution in [-0.2, 0) is 20.7 Å². The highest BCUT2D eigenvalue weighted by Crippen LogP contribution is 2.13. The van der Waals surface area contributed by atoms with Crippen LogP contribution in [0.3, 0.4) is 0 Å². The summed E-state index contributed by atoms with van der Waals surface area (Å²) in [6.07, 6.45) is 2.95. The van der Waals surface area contributed by atoms with Crippen LogP contribution in [0.4, 0.5) is 5.69 Å². The molecule has 5 nitrogen and oxygen atoms in total. The summed E-state index contributed by atoms with van der Waals surface area (Å²) in [7, 11) is 1.59. The minimum Gasteiger partial charge on any atom is -0.497 e. The zero-order valence-electron chi connectivity index (χ0n) is 15.2. The van der Waals surface area contributed by atoms with E-state index in [4.69, 9.17) is 9.47 Å². The van der Waals surface area contributed by atoms with Gasteiger partial charge in [0.1, 0.15) is 5.75 Å². The van der Waals surface area contributed by atoms with Crippen LogP contribution in [0.1, 0.15) is 25.0 Å². The molecule has 1 N–H and O–H groups in total. The normalized spacial score (nSPS) is 11.8. The maximum atomic E-state index is 12.1. The van der Waals surface area contributed by atoms with Crippen LogP contribution in [0.2, 0.25) is 0 Å². The minimum absolute atomic E-state index is 0.375. The van der Waals surface area contributed by atoms with Crippen molar-refractivity contribution in [2.45, 2.75) is 26.4 Å². The molecule has 0 saturated heterocycles. The van der Waals surface area contributed by atoms with Crippen LogP contribution in [-0.4, -0.2) is 25.1 Å². The van der Waals surface area contributed by atoms with E-state index in [1.54, 1.807) is 25.3 Å². The van der Waals surface area contributed by atoms with Gasteiger partial charge in [-0.25, -0.2) is 4.79 Å². The van der Waals surface area contributed by atoms with Crippen molar-refractivity contribution in [2.75, 3.05) is 12.4 Å². The molecule has 0 radical (unpaired) electrons. The molecule has 1 amide bonds. The molecule has 1 atom stereocenters. The molecule has 2 aromatic carbocycles. The fourth-order valence-electron chi connectivity index (χ4n) is 2.21. The Hall–Kier alpha value is -3.08. The van der Waals surface area contributed by atoms with Gasteiger partial charge < -0.3 is 14.8 Å².